The zero-order valence-corrected chi connectivity index (χ0v) is 13.5. The van der Waals surface area contributed by atoms with E-state index < -0.39 is 0 Å². The molecule has 0 aliphatic carbocycles. The van der Waals surface area contributed by atoms with E-state index >= 15 is 0 Å². The molecule has 0 saturated carbocycles. The van der Waals surface area contributed by atoms with Crippen LogP contribution in [0.2, 0.25) is 0 Å². The Bertz CT molecular complexity index is 845. The van der Waals surface area contributed by atoms with Crippen LogP contribution < -0.4 is 14.8 Å². The van der Waals surface area contributed by atoms with E-state index in [4.69, 9.17) is 14.2 Å². The Balaban J connectivity index is 1.55. The standard InChI is InChI=1S/C20H19NO3/c1-20-11-18(13-6-7-16-17(10-13)23-9-8-22-16)24-19(12-20)14-4-2-3-5-15(14)21-20/h2-7,10-11,19,21H,8-9,12H2,1H3. The summed E-state index contributed by atoms with van der Waals surface area (Å²) in [4.78, 5) is 0. The lowest BCUT2D eigenvalue weighted by Crippen LogP contribution is -2.41. The van der Waals surface area contributed by atoms with Crippen LogP contribution in [0.1, 0.15) is 30.6 Å². The fraction of sp³-hybridized carbons (Fsp3) is 0.300. The van der Waals surface area contributed by atoms with E-state index in [-0.39, 0.29) is 11.6 Å². The van der Waals surface area contributed by atoms with Gasteiger partial charge in [0.2, 0.25) is 0 Å². The molecule has 0 radical (unpaired) electrons. The third kappa shape index (κ3) is 2.13. The molecule has 2 aromatic rings. The second-order valence-electron chi connectivity index (χ2n) is 6.81. The molecule has 3 aliphatic heterocycles. The first-order valence-corrected chi connectivity index (χ1v) is 8.37. The molecular formula is C20H19NO3. The predicted octanol–water partition coefficient (Wildman–Crippen LogP) is 4.14. The second-order valence-corrected chi connectivity index (χ2v) is 6.81. The fourth-order valence-electron chi connectivity index (χ4n) is 3.77. The summed E-state index contributed by atoms with van der Waals surface area (Å²) in [6.07, 6.45) is 3.18. The maximum Gasteiger partial charge on any atom is 0.162 e. The van der Waals surface area contributed by atoms with Gasteiger partial charge >= 0.3 is 0 Å². The molecule has 0 saturated heterocycles. The van der Waals surface area contributed by atoms with Crippen molar-refractivity contribution < 1.29 is 14.2 Å². The summed E-state index contributed by atoms with van der Waals surface area (Å²) in [6.45, 7) is 3.41. The van der Waals surface area contributed by atoms with E-state index in [1.807, 2.05) is 18.2 Å². The van der Waals surface area contributed by atoms with Crippen LogP contribution in [0.25, 0.3) is 5.76 Å². The summed E-state index contributed by atoms with van der Waals surface area (Å²) in [5.74, 6) is 2.49. The van der Waals surface area contributed by atoms with Gasteiger partial charge in [0.15, 0.2) is 11.5 Å². The highest BCUT2D eigenvalue weighted by Gasteiger charge is 2.39. The van der Waals surface area contributed by atoms with Crippen LogP contribution in [0.3, 0.4) is 0 Å². The van der Waals surface area contributed by atoms with Crippen molar-refractivity contribution in [3.8, 4) is 11.5 Å². The number of hydrogen-bond acceptors (Lipinski definition) is 4. The van der Waals surface area contributed by atoms with E-state index in [0.717, 1.165) is 34.9 Å². The molecular weight excluding hydrogens is 302 g/mol. The van der Waals surface area contributed by atoms with E-state index in [1.54, 1.807) is 0 Å². The van der Waals surface area contributed by atoms with Gasteiger partial charge in [0, 0.05) is 23.2 Å². The van der Waals surface area contributed by atoms with Gasteiger partial charge < -0.3 is 19.5 Å². The molecule has 2 aromatic carbocycles. The van der Waals surface area contributed by atoms with Crippen molar-refractivity contribution in [1.82, 2.24) is 0 Å². The second kappa shape index (κ2) is 4.94. The minimum atomic E-state index is -0.111. The van der Waals surface area contributed by atoms with Gasteiger partial charge in [-0.25, -0.2) is 0 Å². The molecule has 4 heteroatoms. The molecule has 2 atom stereocenters. The SMILES string of the molecule is CC12C=C(c3ccc4c(c3)OCCO4)OC(C1)c1ccccc1N2. The number of benzene rings is 2. The molecule has 0 fully saturated rings. The normalized spacial score (nSPS) is 26.5. The van der Waals surface area contributed by atoms with Gasteiger partial charge in [0.05, 0.1) is 5.54 Å². The molecule has 0 amide bonds. The number of nitrogens with one attached hydrogen (secondary N) is 1. The van der Waals surface area contributed by atoms with Crippen molar-refractivity contribution in [2.75, 3.05) is 18.5 Å². The quantitative estimate of drug-likeness (QED) is 0.857. The van der Waals surface area contributed by atoms with E-state index in [2.05, 4.69) is 42.6 Å². The first-order chi connectivity index (χ1) is 11.7. The molecule has 3 heterocycles. The number of rotatable bonds is 1. The summed E-state index contributed by atoms with van der Waals surface area (Å²) < 4.78 is 17.7. The highest BCUT2D eigenvalue weighted by Crippen LogP contribution is 2.47. The Labute approximate surface area is 141 Å². The van der Waals surface area contributed by atoms with Crippen LogP contribution in [-0.2, 0) is 4.74 Å². The van der Waals surface area contributed by atoms with Crippen LogP contribution >= 0.6 is 0 Å². The summed E-state index contributed by atoms with van der Waals surface area (Å²) in [7, 11) is 0. The van der Waals surface area contributed by atoms with Crippen molar-refractivity contribution >= 4 is 11.4 Å². The topological polar surface area (TPSA) is 39.7 Å². The van der Waals surface area contributed by atoms with Gasteiger partial charge in [0.1, 0.15) is 25.1 Å². The largest absolute Gasteiger partial charge is 0.486 e. The van der Waals surface area contributed by atoms with Gasteiger partial charge in [-0.3, -0.25) is 0 Å². The Hall–Kier alpha value is -2.62. The van der Waals surface area contributed by atoms with Crippen LogP contribution in [0, 0.1) is 0 Å². The molecule has 122 valence electrons. The molecule has 2 bridgehead atoms. The van der Waals surface area contributed by atoms with Gasteiger partial charge in [-0.05, 0) is 37.3 Å². The molecule has 1 N–H and O–H groups in total. The summed E-state index contributed by atoms with van der Waals surface area (Å²) in [5, 5.41) is 3.65. The Morgan fingerprint density at radius 1 is 1.04 bits per heavy atom. The van der Waals surface area contributed by atoms with Crippen molar-refractivity contribution in [3.05, 3.63) is 59.7 Å². The molecule has 24 heavy (non-hydrogen) atoms. The number of para-hydroxylation sites is 1. The smallest absolute Gasteiger partial charge is 0.162 e. The van der Waals surface area contributed by atoms with Gasteiger partial charge in [-0.1, -0.05) is 18.2 Å². The maximum absolute atomic E-state index is 6.35. The third-order valence-electron chi connectivity index (χ3n) is 4.88. The monoisotopic (exact) mass is 321 g/mol. The van der Waals surface area contributed by atoms with Crippen molar-refractivity contribution in [1.29, 1.82) is 0 Å². The van der Waals surface area contributed by atoms with Gasteiger partial charge in [0.25, 0.3) is 0 Å². The van der Waals surface area contributed by atoms with Crippen LogP contribution in [-0.4, -0.2) is 18.8 Å². The first kappa shape index (κ1) is 13.8. The fourth-order valence-corrected chi connectivity index (χ4v) is 3.77. The number of anilines is 1. The van der Waals surface area contributed by atoms with E-state index in [0.29, 0.717) is 13.2 Å². The first-order valence-electron chi connectivity index (χ1n) is 8.37. The zero-order chi connectivity index (χ0) is 16.1. The Morgan fingerprint density at radius 3 is 2.79 bits per heavy atom. The van der Waals surface area contributed by atoms with Crippen LogP contribution in [0.4, 0.5) is 5.69 Å². The predicted molar refractivity (Wildman–Crippen MR) is 92.3 cm³/mol. The van der Waals surface area contributed by atoms with Gasteiger partial charge in [-0.2, -0.15) is 0 Å². The minimum Gasteiger partial charge on any atom is -0.486 e. The third-order valence-corrected chi connectivity index (χ3v) is 4.88. The average molecular weight is 321 g/mol. The lowest BCUT2D eigenvalue weighted by atomic mass is 9.82. The lowest BCUT2D eigenvalue weighted by Gasteiger charge is -2.43. The molecule has 3 aliphatic rings. The average Bonchev–Trinajstić information content (AvgIpc) is 2.60. The number of hydrogen-bond donors (Lipinski definition) is 1. The molecule has 5 rings (SSSR count). The molecule has 0 spiro atoms. The minimum absolute atomic E-state index is 0.0700. The van der Waals surface area contributed by atoms with Crippen LogP contribution in [0.5, 0.6) is 11.5 Å². The summed E-state index contributed by atoms with van der Waals surface area (Å²) in [5.41, 5.74) is 3.29. The molecule has 2 unspecified atom stereocenters. The Morgan fingerprint density at radius 2 is 1.88 bits per heavy atom. The van der Waals surface area contributed by atoms with E-state index in [1.165, 1.54) is 5.56 Å². The van der Waals surface area contributed by atoms with Crippen molar-refractivity contribution in [2.24, 2.45) is 0 Å². The number of fused-ring (bicyclic) bond motifs is 5. The summed E-state index contributed by atoms with van der Waals surface area (Å²) >= 11 is 0. The molecule has 4 nitrogen and oxygen atoms in total. The van der Waals surface area contributed by atoms with E-state index in [9.17, 15) is 0 Å². The Kier molecular flexibility index (Phi) is 2.84. The van der Waals surface area contributed by atoms with Crippen molar-refractivity contribution in [3.63, 3.8) is 0 Å². The molecule has 0 aromatic heterocycles. The summed E-state index contributed by atoms with van der Waals surface area (Å²) in [6, 6.07) is 14.4. The van der Waals surface area contributed by atoms with Gasteiger partial charge in [-0.15, -0.1) is 0 Å². The highest BCUT2D eigenvalue weighted by atomic mass is 16.6. The van der Waals surface area contributed by atoms with Crippen LogP contribution in [0.15, 0.2) is 48.5 Å². The highest BCUT2D eigenvalue weighted by molar-refractivity contribution is 5.69. The zero-order valence-electron chi connectivity index (χ0n) is 13.5. The van der Waals surface area contributed by atoms with Crippen molar-refractivity contribution in [2.45, 2.75) is 25.0 Å². The number of ether oxygens (including phenoxy) is 3. The maximum atomic E-state index is 6.35. The lowest BCUT2D eigenvalue weighted by molar-refractivity contribution is 0.122.